The smallest absolute Gasteiger partial charge is 0.546 e. The number of pyridine rings is 1. The van der Waals surface area contributed by atoms with E-state index in [1.54, 1.807) is 0 Å². The molecule has 19 heteroatoms. The second-order valence-electron chi connectivity index (χ2n) is 11.2. The Hall–Kier alpha value is -4.10. The van der Waals surface area contributed by atoms with Gasteiger partial charge in [-0.1, -0.05) is 5.16 Å². The van der Waals surface area contributed by atoms with Crippen molar-refractivity contribution in [1.82, 2.24) is 30.5 Å². The molecule has 2 aliphatic heterocycles. The van der Waals surface area contributed by atoms with Crippen LogP contribution in [0.25, 0.3) is 16.5 Å². The van der Waals surface area contributed by atoms with Crippen LogP contribution in [0.1, 0.15) is 37.5 Å². The maximum Gasteiger partial charge on any atom is 1.00 e. The van der Waals surface area contributed by atoms with Crippen LogP contribution in [-0.2, 0) is 25.8 Å². The van der Waals surface area contributed by atoms with Gasteiger partial charge < -0.3 is 35.8 Å². The van der Waals surface area contributed by atoms with E-state index in [1.165, 1.54) is 48.0 Å². The van der Waals surface area contributed by atoms with Crippen LogP contribution in [0.4, 0.5) is 5.13 Å². The molecule has 0 spiro atoms. The van der Waals surface area contributed by atoms with Crippen molar-refractivity contribution >= 4 is 68.1 Å². The zero-order chi connectivity index (χ0) is 32.9. The topological polar surface area (TPSA) is 235 Å². The molecule has 4 aromatic rings. The van der Waals surface area contributed by atoms with Crippen LogP contribution in [0.15, 0.2) is 40.5 Å². The number of benzene rings is 1. The fourth-order valence-corrected chi connectivity index (χ4v) is 7.07. The number of aliphatic carboxylic acids is 1. The number of carbonyl (C=O) groups is 3. The van der Waals surface area contributed by atoms with Crippen molar-refractivity contribution in [2.75, 3.05) is 11.5 Å². The number of carbonyl (C=O) groups excluding carboxylic acids is 3. The van der Waals surface area contributed by atoms with Gasteiger partial charge in [0.15, 0.2) is 52.2 Å². The van der Waals surface area contributed by atoms with Crippen LogP contribution in [-0.4, -0.2) is 75.7 Å². The summed E-state index contributed by atoms with van der Waals surface area (Å²) < 4.78 is 1.94. The average molecular weight is 688 g/mol. The van der Waals surface area contributed by atoms with E-state index >= 15 is 0 Å². The average Bonchev–Trinajstić information content (AvgIpc) is 3.69. The van der Waals surface area contributed by atoms with Gasteiger partial charge in [-0.15, -0.1) is 23.1 Å². The van der Waals surface area contributed by atoms with Gasteiger partial charge in [0.1, 0.15) is 5.69 Å². The minimum atomic E-state index is -1.84. The molecule has 4 N–H and O–H groups in total. The number of rotatable bonds is 10. The van der Waals surface area contributed by atoms with Gasteiger partial charge in [-0.25, -0.2) is 4.98 Å². The van der Waals surface area contributed by atoms with Crippen LogP contribution in [0.3, 0.4) is 0 Å². The van der Waals surface area contributed by atoms with Crippen molar-refractivity contribution in [3.05, 3.63) is 52.6 Å². The zero-order valence-corrected chi connectivity index (χ0v) is 29.2. The summed E-state index contributed by atoms with van der Waals surface area (Å²) in [6.45, 7) is 4.69. The summed E-state index contributed by atoms with van der Waals surface area (Å²) in [6.07, 6.45) is 1.58. The number of carboxylic acids is 1. The number of oxime groups is 1. The Morgan fingerprint density at radius 2 is 1.98 bits per heavy atom. The number of tetrazole rings is 1. The Bertz CT molecular complexity index is 1960. The molecule has 0 unspecified atom stereocenters. The van der Waals surface area contributed by atoms with Crippen molar-refractivity contribution in [1.29, 1.82) is 0 Å². The van der Waals surface area contributed by atoms with Gasteiger partial charge in [-0.2, -0.15) is 9.78 Å². The number of phenolic OH excluding ortho intramolecular Hbond substituents is 2. The zero-order valence-electron chi connectivity index (χ0n) is 25.6. The van der Waals surface area contributed by atoms with E-state index in [4.69, 9.17) is 10.6 Å². The number of nitrogens with two attached hydrogens (primary N) is 1. The number of thioether (sulfide) groups is 1. The van der Waals surface area contributed by atoms with E-state index in [0.29, 0.717) is 23.4 Å². The molecule has 5 heterocycles. The number of Topliss-reactive ketones (excluding diaryl/α,β-unsaturated/α-hetero) is 1. The van der Waals surface area contributed by atoms with Crippen molar-refractivity contribution in [2.24, 2.45) is 11.1 Å². The SMILES string of the molecule is Cc1cc2cc(O)c(O)cc2c[n+]1CC1=C(c2nnn[n-]2)N2C(=O)[C@@H](CC(=O)/C(=N\OC(C)(C)C(=O)[O-])c3csc(N)n3)[C@H]2SC1.[Na+]. The first kappa shape index (κ1) is 34.2. The fourth-order valence-electron chi connectivity index (χ4n) is 5.12. The third-order valence-corrected chi connectivity index (χ3v) is 9.70. The van der Waals surface area contributed by atoms with Gasteiger partial charge in [0.2, 0.25) is 5.91 Å². The van der Waals surface area contributed by atoms with Crippen LogP contribution >= 0.6 is 23.1 Å². The Morgan fingerprint density at radius 1 is 1.26 bits per heavy atom. The van der Waals surface area contributed by atoms with Crippen LogP contribution in [0.2, 0.25) is 0 Å². The number of thiazole rings is 1. The Morgan fingerprint density at radius 3 is 2.62 bits per heavy atom. The standard InChI is InChI=1S/C28H27N9O7S2.Na/c1-12-4-13-5-18(38)19(39)6-14(13)8-36(12)9-15-10-45-25-16(24(41)37(25)22(15)23-31-34-35-32-23)7-20(40)21(17-11-46-27(29)30-17)33-44-28(2,3)26(42)43;/h4-6,8,11,16,25H,7,9-10H2,1-3H3,(H5,29,30,31,32,34,35,39,42,43);/q;+1/p-1/b33-21-;/t16-,25-;/m1./s1. The van der Waals surface area contributed by atoms with Gasteiger partial charge in [-0.3, -0.25) is 24.8 Å². The van der Waals surface area contributed by atoms with E-state index in [1.807, 2.05) is 23.8 Å². The molecule has 3 aromatic heterocycles. The molecule has 16 nitrogen and oxygen atoms in total. The summed E-state index contributed by atoms with van der Waals surface area (Å²) in [5.74, 6) is -3.05. The summed E-state index contributed by atoms with van der Waals surface area (Å²) in [6, 6.07) is 4.83. The molecule has 238 valence electrons. The minimum Gasteiger partial charge on any atom is -0.546 e. The van der Waals surface area contributed by atoms with E-state index in [0.717, 1.165) is 28.0 Å². The number of anilines is 1. The molecule has 0 bridgehead atoms. The second kappa shape index (κ2) is 13.2. The minimum absolute atomic E-state index is 0. The number of hydrogen-bond acceptors (Lipinski definition) is 15. The maximum atomic E-state index is 13.7. The first-order valence-electron chi connectivity index (χ1n) is 13.8. The van der Waals surface area contributed by atoms with Gasteiger partial charge in [0.05, 0.1) is 28.8 Å². The number of hydrogen-bond donors (Lipinski definition) is 3. The normalized spacial score (nSPS) is 18.1. The van der Waals surface area contributed by atoms with E-state index < -0.39 is 28.6 Å². The quantitative estimate of drug-likeness (QED) is 0.0374. The maximum absolute atomic E-state index is 13.7. The molecular formula is C28H26N9NaO7S2. The first-order valence-corrected chi connectivity index (χ1v) is 15.7. The van der Waals surface area contributed by atoms with Crippen molar-refractivity contribution in [2.45, 2.75) is 44.7 Å². The molecule has 1 aromatic carbocycles. The van der Waals surface area contributed by atoms with Crippen LogP contribution < -0.4 is 50.1 Å². The largest absolute Gasteiger partial charge is 1.00 e. The molecule has 1 fully saturated rings. The summed E-state index contributed by atoms with van der Waals surface area (Å²) in [7, 11) is 0. The number of nitrogen functional groups attached to an aromatic ring is 1. The molecular weight excluding hydrogens is 661 g/mol. The summed E-state index contributed by atoms with van der Waals surface area (Å²) in [5, 5.41) is 53.1. The van der Waals surface area contributed by atoms with Gasteiger partial charge in [0, 0.05) is 41.5 Å². The van der Waals surface area contributed by atoms with E-state index in [9.17, 15) is 29.7 Å². The number of aromatic nitrogens is 6. The third kappa shape index (κ3) is 6.55. The van der Waals surface area contributed by atoms with Crippen molar-refractivity contribution in [3.8, 4) is 11.5 Å². The molecule has 1 amide bonds. The van der Waals surface area contributed by atoms with Gasteiger partial charge in [-0.05, 0) is 31.4 Å². The Balaban J connectivity index is 0.00000433. The Kier molecular flexibility index (Phi) is 9.61. The predicted molar refractivity (Wildman–Crippen MR) is 162 cm³/mol. The molecule has 0 radical (unpaired) electrons. The number of phenols is 2. The number of β-lactam (4-membered cyclic amide) rings is 1. The fraction of sp³-hybridized carbons (Fsp3) is 0.321. The number of aromatic hydroxyl groups is 2. The molecule has 2 aliphatic rings. The number of ketones is 1. The summed E-state index contributed by atoms with van der Waals surface area (Å²) in [4.78, 5) is 49.5. The second-order valence-corrected chi connectivity index (χ2v) is 13.2. The number of nitrogens with zero attached hydrogens (tertiary/aromatic N) is 8. The molecule has 0 saturated carbocycles. The van der Waals surface area contributed by atoms with Crippen LogP contribution in [0.5, 0.6) is 11.5 Å². The number of fused-ring (bicyclic) bond motifs is 2. The number of aryl methyl sites for hydroxylation is 1. The Labute approximate surface area is 297 Å². The molecule has 1 saturated heterocycles. The monoisotopic (exact) mass is 687 g/mol. The first-order chi connectivity index (χ1) is 21.8. The summed E-state index contributed by atoms with van der Waals surface area (Å²) in [5.41, 5.74) is 5.86. The van der Waals surface area contributed by atoms with Gasteiger partial charge in [0.25, 0.3) is 0 Å². The molecule has 6 rings (SSSR count). The number of amides is 1. The molecule has 0 aliphatic carbocycles. The molecule has 47 heavy (non-hydrogen) atoms. The molecule has 2 atom stereocenters. The van der Waals surface area contributed by atoms with Gasteiger partial charge >= 0.3 is 29.6 Å². The van der Waals surface area contributed by atoms with Crippen molar-refractivity contribution in [3.63, 3.8) is 0 Å². The predicted octanol–water partition coefficient (Wildman–Crippen LogP) is -3.12. The number of carboxylic acid groups (broad SMARTS) is 1. The summed E-state index contributed by atoms with van der Waals surface area (Å²) >= 11 is 2.53. The van der Waals surface area contributed by atoms with Crippen LogP contribution in [0, 0.1) is 12.8 Å². The third-order valence-electron chi connectivity index (χ3n) is 7.63. The van der Waals surface area contributed by atoms with E-state index in [-0.39, 0.29) is 75.7 Å². The van der Waals surface area contributed by atoms with Crippen molar-refractivity contribution < 1.29 is 68.7 Å². The van der Waals surface area contributed by atoms with E-state index in [2.05, 4.69) is 30.8 Å².